The van der Waals surface area contributed by atoms with Crippen molar-refractivity contribution in [1.82, 2.24) is 20.2 Å². The molecular formula is C24H29N5O3. The fraction of sp³-hybridized carbons (Fsp3) is 0.375. The summed E-state index contributed by atoms with van der Waals surface area (Å²) >= 11 is 0. The Kier molecular flexibility index (Phi) is 6.30. The van der Waals surface area contributed by atoms with Crippen molar-refractivity contribution in [3.63, 3.8) is 0 Å². The largest absolute Gasteiger partial charge is 0.497 e. The molecule has 1 aliphatic rings. The van der Waals surface area contributed by atoms with Gasteiger partial charge < -0.3 is 19.9 Å². The van der Waals surface area contributed by atoms with Crippen LogP contribution in [0.2, 0.25) is 0 Å². The van der Waals surface area contributed by atoms with Gasteiger partial charge in [0.05, 0.1) is 18.1 Å². The summed E-state index contributed by atoms with van der Waals surface area (Å²) in [5.74, 6) is 1.43. The molecule has 0 bridgehead atoms. The van der Waals surface area contributed by atoms with Crippen molar-refractivity contribution in [1.29, 1.82) is 0 Å². The van der Waals surface area contributed by atoms with E-state index in [-0.39, 0.29) is 17.9 Å². The lowest BCUT2D eigenvalue weighted by atomic mass is 10.0. The van der Waals surface area contributed by atoms with Crippen molar-refractivity contribution in [2.75, 3.05) is 18.6 Å². The van der Waals surface area contributed by atoms with Crippen LogP contribution in [0.1, 0.15) is 25.8 Å². The van der Waals surface area contributed by atoms with Gasteiger partial charge >= 0.3 is 6.03 Å². The average Bonchev–Trinajstić information content (AvgIpc) is 3.36. The molecule has 2 aromatic carbocycles. The smallest absolute Gasteiger partial charge is 0.324 e. The fourth-order valence-corrected chi connectivity index (χ4v) is 3.97. The molecule has 3 amide bonds. The first kappa shape index (κ1) is 21.7. The van der Waals surface area contributed by atoms with E-state index in [1.165, 1.54) is 0 Å². The van der Waals surface area contributed by atoms with Crippen LogP contribution in [0.3, 0.4) is 0 Å². The van der Waals surface area contributed by atoms with Gasteiger partial charge in [-0.25, -0.2) is 9.78 Å². The maximum absolute atomic E-state index is 13.1. The number of benzene rings is 2. The first-order valence-electron chi connectivity index (χ1n) is 10.9. The van der Waals surface area contributed by atoms with Gasteiger partial charge in [-0.3, -0.25) is 9.69 Å². The zero-order valence-corrected chi connectivity index (χ0v) is 18.7. The highest BCUT2D eigenvalue weighted by Gasteiger charge is 2.31. The predicted molar refractivity (Wildman–Crippen MR) is 124 cm³/mol. The molecule has 0 aliphatic carbocycles. The molecule has 0 radical (unpaired) electrons. The van der Waals surface area contributed by atoms with E-state index in [0.717, 1.165) is 22.3 Å². The van der Waals surface area contributed by atoms with Gasteiger partial charge in [-0.2, -0.15) is 0 Å². The van der Waals surface area contributed by atoms with Crippen molar-refractivity contribution in [2.24, 2.45) is 5.92 Å². The number of rotatable bonds is 7. The number of carbonyl (C=O) groups excluding carboxylic acids is 2. The number of para-hydroxylation sites is 2. The molecule has 1 aliphatic heterocycles. The summed E-state index contributed by atoms with van der Waals surface area (Å²) < 4.78 is 7.20. The normalized spacial score (nSPS) is 13.8. The Hall–Kier alpha value is -3.55. The van der Waals surface area contributed by atoms with Crippen molar-refractivity contribution in [3.8, 4) is 5.75 Å². The van der Waals surface area contributed by atoms with Gasteiger partial charge in [0.1, 0.15) is 11.8 Å². The average molecular weight is 436 g/mol. The lowest BCUT2D eigenvalue weighted by Gasteiger charge is -2.23. The minimum absolute atomic E-state index is 0.199. The number of amides is 3. The Balaban J connectivity index is 1.43. The van der Waals surface area contributed by atoms with Gasteiger partial charge in [0.2, 0.25) is 11.9 Å². The van der Waals surface area contributed by atoms with Gasteiger partial charge in [0, 0.05) is 19.6 Å². The number of nitrogens with one attached hydrogen (secondary N) is 2. The summed E-state index contributed by atoms with van der Waals surface area (Å²) in [7, 11) is 1.62. The third-order valence-electron chi connectivity index (χ3n) is 5.62. The molecule has 0 saturated heterocycles. The zero-order chi connectivity index (χ0) is 22.7. The van der Waals surface area contributed by atoms with Crippen molar-refractivity contribution < 1.29 is 14.3 Å². The second kappa shape index (κ2) is 9.30. The second-order valence-corrected chi connectivity index (χ2v) is 8.40. The first-order valence-corrected chi connectivity index (χ1v) is 10.9. The van der Waals surface area contributed by atoms with Crippen molar-refractivity contribution in [3.05, 3.63) is 54.1 Å². The van der Waals surface area contributed by atoms with E-state index in [1.807, 2.05) is 66.9 Å². The first-order chi connectivity index (χ1) is 15.5. The van der Waals surface area contributed by atoms with Crippen LogP contribution in [-0.2, 0) is 17.9 Å². The quantitative estimate of drug-likeness (QED) is 0.596. The molecular weight excluding hydrogens is 406 g/mol. The molecule has 2 N–H and O–H groups in total. The topological polar surface area (TPSA) is 88.5 Å². The van der Waals surface area contributed by atoms with Crippen LogP contribution in [0.5, 0.6) is 5.75 Å². The summed E-state index contributed by atoms with van der Waals surface area (Å²) in [4.78, 5) is 32.2. The number of methoxy groups -OCH3 is 1. The zero-order valence-electron chi connectivity index (χ0n) is 18.7. The summed E-state index contributed by atoms with van der Waals surface area (Å²) in [6, 6.07) is 14.4. The van der Waals surface area contributed by atoms with Crippen molar-refractivity contribution >= 4 is 28.9 Å². The van der Waals surface area contributed by atoms with Crippen LogP contribution in [0.25, 0.3) is 11.0 Å². The molecule has 8 heteroatoms. The molecule has 168 valence electrons. The highest BCUT2D eigenvalue weighted by atomic mass is 16.5. The summed E-state index contributed by atoms with van der Waals surface area (Å²) in [5.41, 5.74) is 2.83. The van der Waals surface area contributed by atoms with Crippen molar-refractivity contribution in [2.45, 2.75) is 39.4 Å². The Morgan fingerprint density at radius 2 is 1.84 bits per heavy atom. The minimum Gasteiger partial charge on any atom is -0.497 e. The Morgan fingerprint density at radius 1 is 1.09 bits per heavy atom. The minimum atomic E-state index is -0.626. The molecule has 0 saturated carbocycles. The van der Waals surface area contributed by atoms with E-state index >= 15 is 0 Å². The summed E-state index contributed by atoms with van der Waals surface area (Å²) in [6.07, 6.45) is 0.546. The molecule has 1 aromatic heterocycles. The predicted octanol–water partition coefficient (Wildman–Crippen LogP) is 3.31. The lowest BCUT2D eigenvalue weighted by molar-refractivity contribution is -0.123. The highest BCUT2D eigenvalue weighted by molar-refractivity contribution is 5.96. The van der Waals surface area contributed by atoms with Gasteiger partial charge in [-0.15, -0.1) is 0 Å². The Bertz CT molecular complexity index is 1110. The van der Waals surface area contributed by atoms with Gasteiger partial charge in [0.15, 0.2) is 0 Å². The van der Waals surface area contributed by atoms with E-state index in [0.29, 0.717) is 32.0 Å². The molecule has 1 unspecified atom stereocenters. The lowest BCUT2D eigenvalue weighted by Crippen LogP contribution is -2.51. The Morgan fingerprint density at radius 3 is 2.56 bits per heavy atom. The Labute approximate surface area is 187 Å². The molecule has 32 heavy (non-hydrogen) atoms. The number of nitrogens with zero attached hydrogens (tertiary/aromatic N) is 3. The van der Waals surface area contributed by atoms with E-state index in [1.54, 1.807) is 12.0 Å². The molecule has 3 aromatic rings. The van der Waals surface area contributed by atoms with Crippen LogP contribution in [0, 0.1) is 5.92 Å². The highest BCUT2D eigenvalue weighted by Crippen LogP contribution is 2.27. The molecule has 2 heterocycles. The molecule has 0 spiro atoms. The standard InChI is InChI=1S/C24H29N5O3/c1-16(2)14-20(22(30)25-15-17-8-10-18(32-3)11-9-17)27-24(31)29-13-12-28-21-7-5-4-6-19(21)26-23(28)29/h4-11,16,20H,12-15H2,1-3H3,(H,25,30)(H,27,31). The fourth-order valence-electron chi connectivity index (χ4n) is 3.97. The third kappa shape index (κ3) is 4.54. The maximum Gasteiger partial charge on any atom is 0.324 e. The van der Waals surface area contributed by atoms with Gasteiger partial charge in [0.25, 0.3) is 0 Å². The number of hydrogen-bond acceptors (Lipinski definition) is 4. The van der Waals surface area contributed by atoms with Gasteiger partial charge in [-0.05, 0) is 42.2 Å². The number of hydrogen-bond donors (Lipinski definition) is 2. The molecule has 4 rings (SSSR count). The van der Waals surface area contributed by atoms with E-state index in [4.69, 9.17) is 4.74 Å². The molecule has 0 fully saturated rings. The second-order valence-electron chi connectivity index (χ2n) is 8.40. The van der Waals surface area contributed by atoms with E-state index in [9.17, 15) is 9.59 Å². The SMILES string of the molecule is COc1ccc(CNC(=O)C(CC(C)C)NC(=O)N2CCn3c2nc2ccccc23)cc1. The number of aromatic nitrogens is 2. The molecule has 1 atom stereocenters. The number of urea groups is 1. The maximum atomic E-state index is 13.1. The summed E-state index contributed by atoms with van der Waals surface area (Å²) in [5, 5.41) is 5.88. The number of carbonyl (C=O) groups is 2. The van der Waals surface area contributed by atoms with Crippen LogP contribution in [0.15, 0.2) is 48.5 Å². The summed E-state index contributed by atoms with van der Waals surface area (Å²) in [6.45, 7) is 5.66. The number of anilines is 1. The van der Waals surface area contributed by atoms with Gasteiger partial charge in [-0.1, -0.05) is 38.1 Å². The van der Waals surface area contributed by atoms with E-state index < -0.39 is 6.04 Å². The van der Waals surface area contributed by atoms with Crippen LogP contribution >= 0.6 is 0 Å². The number of fused-ring (bicyclic) bond motifs is 3. The number of ether oxygens (including phenoxy) is 1. The van der Waals surface area contributed by atoms with E-state index in [2.05, 4.69) is 15.6 Å². The van der Waals surface area contributed by atoms with Crippen LogP contribution in [0.4, 0.5) is 10.7 Å². The monoisotopic (exact) mass is 435 g/mol. The van der Waals surface area contributed by atoms with Crippen LogP contribution < -0.4 is 20.3 Å². The molecule has 8 nitrogen and oxygen atoms in total. The number of imidazole rings is 1. The third-order valence-corrected chi connectivity index (χ3v) is 5.62. The van der Waals surface area contributed by atoms with Crippen LogP contribution in [-0.4, -0.2) is 41.2 Å².